The lowest BCUT2D eigenvalue weighted by Crippen LogP contribution is -2.33. The average Bonchev–Trinajstić information content (AvgIpc) is 3.62. The molecule has 4 heterocycles. The number of rotatable bonds is 7. The fourth-order valence-corrected chi connectivity index (χ4v) is 4.42. The van der Waals surface area contributed by atoms with Crippen LogP contribution in [0.5, 0.6) is 0 Å². The lowest BCUT2D eigenvalue weighted by Gasteiger charge is -2.18. The van der Waals surface area contributed by atoms with Crippen molar-refractivity contribution in [3.63, 3.8) is 0 Å². The summed E-state index contributed by atoms with van der Waals surface area (Å²) in [5.41, 5.74) is 1.06. The summed E-state index contributed by atoms with van der Waals surface area (Å²) in [6.45, 7) is 1.52. The first-order valence-electron chi connectivity index (χ1n) is 11.4. The number of imidazole rings is 1. The molecule has 3 aromatic rings. The molecule has 13 nitrogen and oxygen atoms in total. The van der Waals surface area contributed by atoms with E-state index in [0.29, 0.717) is 17.0 Å². The molecule has 0 bridgehead atoms. The highest BCUT2D eigenvalue weighted by Gasteiger charge is 2.44. The van der Waals surface area contributed by atoms with Crippen molar-refractivity contribution >= 4 is 23.0 Å². The highest BCUT2D eigenvalue weighted by atomic mass is 16.6. The zero-order valence-corrected chi connectivity index (χ0v) is 18.6. The van der Waals surface area contributed by atoms with Crippen LogP contribution in [0.3, 0.4) is 0 Å². The summed E-state index contributed by atoms with van der Waals surface area (Å²) in [4.78, 5) is 25.7. The Morgan fingerprint density at radius 3 is 2.76 bits per heavy atom. The first kappa shape index (κ1) is 22.7. The zero-order valence-electron chi connectivity index (χ0n) is 18.6. The molecule has 3 aromatic heterocycles. The van der Waals surface area contributed by atoms with E-state index >= 15 is 0 Å². The summed E-state index contributed by atoms with van der Waals surface area (Å²) in [6.07, 6.45) is 4.06. The third-order valence-corrected chi connectivity index (χ3v) is 6.20. The fourth-order valence-electron chi connectivity index (χ4n) is 4.42. The smallest absolute Gasteiger partial charge is 0.341 e. The van der Waals surface area contributed by atoms with Gasteiger partial charge in [-0.3, -0.25) is 4.57 Å². The van der Waals surface area contributed by atoms with Gasteiger partial charge in [0.2, 0.25) is 0 Å². The van der Waals surface area contributed by atoms with Gasteiger partial charge < -0.3 is 30.1 Å². The van der Waals surface area contributed by atoms with Crippen LogP contribution in [0.1, 0.15) is 49.2 Å². The summed E-state index contributed by atoms with van der Waals surface area (Å²) >= 11 is 0. The van der Waals surface area contributed by atoms with Crippen molar-refractivity contribution < 1.29 is 29.6 Å². The van der Waals surface area contributed by atoms with Gasteiger partial charge in [0.25, 0.3) is 5.95 Å². The number of hydrogen-bond donors (Lipinski definition) is 4. The quantitative estimate of drug-likeness (QED) is 0.345. The van der Waals surface area contributed by atoms with Gasteiger partial charge in [0.05, 0.1) is 31.3 Å². The van der Waals surface area contributed by atoms with Crippen LogP contribution >= 0.6 is 0 Å². The Kier molecular flexibility index (Phi) is 6.16. The van der Waals surface area contributed by atoms with Crippen LogP contribution in [0.25, 0.3) is 17.1 Å². The molecule has 1 aliphatic carbocycles. The summed E-state index contributed by atoms with van der Waals surface area (Å²) in [6, 6.07) is 0.234. The molecule has 4 N–H and O–H groups in total. The molecule has 182 valence electrons. The third-order valence-electron chi connectivity index (χ3n) is 6.20. The van der Waals surface area contributed by atoms with E-state index in [1.165, 1.54) is 28.0 Å². The molecule has 2 aliphatic rings. The van der Waals surface area contributed by atoms with E-state index in [9.17, 15) is 20.1 Å². The number of esters is 1. The van der Waals surface area contributed by atoms with Gasteiger partial charge in [0.1, 0.15) is 18.3 Å². The summed E-state index contributed by atoms with van der Waals surface area (Å²) in [5.74, 6) is 0.165. The second kappa shape index (κ2) is 9.25. The van der Waals surface area contributed by atoms with Crippen molar-refractivity contribution in [1.82, 2.24) is 29.3 Å². The molecule has 13 heteroatoms. The Morgan fingerprint density at radius 1 is 1.26 bits per heavy atom. The molecule has 0 aromatic carbocycles. The summed E-state index contributed by atoms with van der Waals surface area (Å²) in [5, 5.41) is 37.8. The number of carbonyl (C=O) groups excluding carboxylic acids is 1. The fraction of sp³-hybridized carbons (Fsp3) is 0.571. The van der Waals surface area contributed by atoms with Crippen LogP contribution in [-0.4, -0.2) is 88.2 Å². The molecule has 1 unspecified atom stereocenters. The number of ether oxygens (including phenoxy) is 2. The van der Waals surface area contributed by atoms with Gasteiger partial charge in [-0.15, -0.1) is 0 Å². The molecule has 0 amide bonds. The second-order valence-corrected chi connectivity index (χ2v) is 8.44. The molecule has 1 aliphatic heterocycles. The van der Waals surface area contributed by atoms with Gasteiger partial charge >= 0.3 is 5.97 Å². The Labute approximate surface area is 194 Å². The van der Waals surface area contributed by atoms with Crippen LogP contribution in [-0.2, 0) is 9.47 Å². The van der Waals surface area contributed by atoms with E-state index in [-0.39, 0.29) is 24.2 Å². The monoisotopic (exact) mass is 473 g/mol. The Morgan fingerprint density at radius 2 is 2.06 bits per heavy atom. The Bertz CT molecular complexity index is 1170. The number of anilines is 1. The molecule has 1 saturated heterocycles. The highest BCUT2D eigenvalue weighted by molar-refractivity contribution is 5.89. The van der Waals surface area contributed by atoms with Crippen molar-refractivity contribution in [3.8, 4) is 5.95 Å². The summed E-state index contributed by atoms with van der Waals surface area (Å²) < 4.78 is 13.6. The van der Waals surface area contributed by atoms with Gasteiger partial charge in [-0.05, 0) is 19.8 Å². The van der Waals surface area contributed by atoms with Crippen LogP contribution in [0.4, 0.5) is 5.82 Å². The topological polar surface area (TPSA) is 170 Å². The van der Waals surface area contributed by atoms with E-state index in [1.54, 1.807) is 6.92 Å². The minimum absolute atomic E-state index is 0.178. The van der Waals surface area contributed by atoms with Crippen LogP contribution < -0.4 is 5.32 Å². The standard InChI is InChI=1S/C21H27N7O6/c1-2-33-20(32)11-7-23-28(8-11)21-25-17(24-12-5-3-4-6-12)14-18(26-21)27(10-22-14)19-16(31)15(30)13(9-29)34-19/h7-8,10,12-13,15-16,19,29-31H,2-6,9H2,1H3,(H,24,25,26)/t13-,15-,16+,19?/m1/s1. The molecular weight excluding hydrogens is 446 g/mol. The number of carbonyl (C=O) groups is 1. The molecule has 0 spiro atoms. The predicted molar refractivity (Wildman–Crippen MR) is 117 cm³/mol. The second-order valence-electron chi connectivity index (χ2n) is 8.44. The van der Waals surface area contributed by atoms with Crippen molar-refractivity contribution in [3.05, 3.63) is 24.3 Å². The van der Waals surface area contributed by atoms with Gasteiger partial charge in [-0.2, -0.15) is 15.1 Å². The number of aromatic nitrogens is 6. The maximum atomic E-state index is 12.1. The molecule has 4 atom stereocenters. The van der Waals surface area contributed by atoms with Crippen molar-refractivity contribution in [2.45, 2.75) is 63.2 Å². The third kappa shape index (κ3) is 4.00. The minimum Gasteiger partial charge on any atom is -0.462 e. The molecule has 1 saturated carbocycles. The predicted octanol–water partition coefficient (Wildman–Crippen LogP) is 0.155. The van der Waals surface area contributed by atoms with E-state index < -0.39 is 37.1 Å². The largest absolute Gasteiger partial charge is 0.462 e. The molecule has 34 heavy (non-hydrogen) atoms. The lowest BCUT2D eigenvalue weighted by molar-refractivity contribution is -0.0511. The van der Waals surface area contributed by atoms with E-state index in [0.717, 1.165) is 25.7 Å². The van der Waals surface area contributed by atoms with Gasteiger partial charge in [-0.25, -0.2) is 14.5 Å². The molecule has 2 fully saturated rings. The van der Waals surface area contributed by atoms with Crippen molar-refractivity contribution in [2.75, 3.05) is 18.5 Å². The number of nitrogens with zero attached hydrogens (tertiary/aromatic N) is 6. The lowest BCUT2D eigenvalue weighted by atomic mass is 10.1. The number of hydrogen-bond acceptors (Lipinski definition) is 11. The molecule has 5 rings (SSSR count). The van der Waals surface area contributed by atoms with Gasteiger partial charge in [-0.1, -0.05) is 12.8 Å². The van der Waals surface area contributed by atoms with E-state index in [4.69, 9.17) is 9.47 Å². The molecule has 0 radical (unpaired) electrons. The zero-order chi connectivity index (χ0) is 23.8. The first-order valence-corrected chi connectivity index (χ1v) is 11.4. The number of nitrogens with one attached hydrogen (secondary N) is 1. The maximum absolute atomic E-state index is 12.1. The van der Waals surface area contributed by atoms with Gasteiger partial charge in [0.15, 0.2) is 23.2 Å². The number of aliphatic hydroxyl groups excluding tert-OH is 3. The van der Waals surface area contributed by atoms with Crippen LogP contribution in [0.2, 0.25) is 0 Å². The molecular formula is C21H27N7O6. The van der Waals surface area contributed by atoms with Crippen molar-refractivity contribution in [1.29, 1.82) is 0 Å². The Hall–Kier alpha value is -3.13. The number of fused-ring (bicyclic) bond motifs is 1. The Balaban J connectivity index is 1.57. The highest BCUT2D eigenvalue weighted by Crippen LogP contribution is 2.33. The van der Waals surface area contributed by atoms with E-state index in [1.807, 2.05) is 0 Å². The maximum Gasteiger partial charge on any atom is 0.341 e. The van der Waals surface area contributed by atoms with Crippen molar-refractivity contribution in [2.24, 2.45) is 0 Å². The summed E-state index contributed by atoms with van der Waals surface area (Å²) in [7, 11) is 0. The van der Waals surface area contributed by atoms with Crippen LogP contribution in [0.15, 0.2) is 18.7 Å². The first-order chi connectivity index (χ1) is 16.5. The van der Waals surface area contributed by atoms with E-state index in [2.05, 4.69) is 25.4 Å². The normalized spacial score (nSPS) is 25.3. The minimum atomic E-state index is -1.29. The van der Waals surface area contributed by atoms with Gasteiger partial charge in [0, 0.05) is 12.2 Å². The SMILES string of the molecule is CCOC(=O)c1cnn(-c2nc(NC3CCCC3)c3ncn(C4O[C@H](CO)[C@@H](O)[C@@H]4O)c3n2)c1. The average molecular weight is 473 g/mol. The van der Waals surface area contributed by atoms with Crippen LogP contribution in [0, 0.1) is 0 Å². The number of aliphatic hydroxyl groups is 3.